The zero-order valence-electron chi connectivity index (χ0n) is 10.9. The Morgan fingerprint density at radius 3 is 2.59 bits per heavy atom. The molecule has 2 aromatic rings. The quantitative estimate of drug-likeness (QED) is 0.881. The highest BCUT2D eigenvalue weighted by atomic mass is 16.3. The summed E-state index contributed by atoms with van der Waals surface area (Å²) in [5.74, 6) is 0.332. The van der Waals surface area contributed by atoms with Gasteiger partial charge in [0.05, 0.1) is 0 Å². The Morgan fingerprint density at radius 2 is 2.00 bits per heavy atom. The highest BCUT2D eigenvalue weighted by Gasteiger charge is 2.11. The molecule has 1 N–H and O–H groups in total. The maximum absolute atomic E-state index is 9.61. The normalized spacial score (nSPS) is 11.9. The van der Waals surface area contributed by atoms with Crippen LogP contribution in [0.25, 0.3) is 10.9 Å². The van der Waals surface area contributed by atoms with Crippen LogP contribution in [0.1, 0.15) is 25.5 Å². The Morgan fingerprint density at radius 1 is 1.29 bits per heavy atom. The van der Waals surface area contributed by atoms with Gasteiger partial charge in [-0.3, -0.25) is 0 Å². The average molecular weight is 232 g/mol. The molecular weight excluding hydrogens is 212 g/mol. The molecule has 92 valence electrons. The van der Waals surface area contributed by atoms with Gasteiger partial charge < -0.3 is 14.6 Å². The summed E-state index contributed by atoms with van der Waals surface area (Å²) in [4.78, 5) is 2.14. The van der Waals surface area contributed by atoms with E-state index in [1.807, 2.05) is 12.1 Å². The minimum atomic E-state index is 0.332. The van der Waals surface area contributed by atoms with Crippen molar-refractivity contribution in [2.24, 2.45) is 0 Å². The van der Waals surface area contributed by atoms with Crippen LogP contribution in [0.3, 0.4) is 0 Å². The lowest BCUT2D eigenvalue weighted by molar-refractivity contribution is 0.403. The van der Waals surface area contributed by atoms with E-state index in [0.717, 1.165) is 11.9 Å². The average Bonchev–Trinajstić information content (AvgIpc) is 2.56. The maximum Gasteiger partial charge on any atom is 0.116 e. The fourth-order valence-corrected chi connectivity index (χ4v) is 2.21. The summed E-state index contributed by atoms with van der Waals surface area (Å²) in [6, 6.07) is 6.02. The molecule has 2 rings (SSSR count). The Labute approximate surface area is 102 Å². The van der Waals surface area contributed by atoms with Gasteiger partial charge in [0.1, 0.15) is 5.75 Å². The van der Waals surface area contributed by atoms with Crippen LogP contribution in [0.4, 0.5) is 0 Å². The van der Waals surface area contributed by atoms with Crippen molar-refractivity contribution in [3.63, 3.8) is 0 Å². The van der Waals surface area contributed by atoms with Gasteiger partial charge in [0.2, 0.25) is 0 Å². The SMILES string of the molecule is CC(C)n1cc(CN(C)C)c2cc(O)ccc21. The van der Waals surface area contributed by atoms with Gasteiger partial charge >= 0.3 is 0 Å². The second-order valence-corrected chi connectivity index (χ2v) is 5.09. The summed E-state index contributed by atoms with van der Waals surface area (Å²) < 4.78 is 2.26. The molecule has 1 aromatic carbocycles. The first-order chi connectivity index (χ1) is 7.99. The molecular formula is C14H20N2O. The number of aromatic nitrogens is 1. The van der Waals surface area contributed by atoms with Gasteiger partial charge in [-0.25, -0.2) is 0 Å². The topological polar surface area (TPSA) is 28.4 Å². The minimum Gasteiger partial charge on any atom is -0.508 e. The van der Waals surface area contributed by atoms with E-state index < -0.39 is 0 Å². The van der Waals surface area contributed by atoms with Gasteiger partial charge in [0.25, 0.3) is 0 Å². The predicted molar refractivity (Wildman–Crippen MR) is 71.4 cm³/mol. The van der Waals surface area contributed by atoms with Crippen molar-refractivity contribution in [2.45, 2.75) is 26.4 Å². The van der Waals surface area contributed by atoms with E-state index in [4.69, 9.17) is 0 Å². The standard InChI is InChI=1S/C14H20N2O/c1-10(2)16-9-11(8-15(3)4)13-7-12(17)5-6-14(13)16/h5-7,9-10,17H,8H2,1-4H3. The number of fused-ring (bicyclic) bond motifs is 1. The Hall–Kier alpha value is -1.48. The summed E-state index contributed by atoms with van der Waals surface area (Å²) in [5, 5.41) is 10.8. The molecule has 0 radical (unpaired) electrons. The van der Waals surface area contributed by atoms with Crippen LogP contribution in [0.5, 0.6) is 5.75 Å². The molecule has 3 heteroatoms. The molecule has 1 aromatic heterocycles. The summed E-state index contributed by atoms with van der Waals surface area (Å²) >= 11 is 0. The van der Waals surface area contributed by atoms with Crippen molar-refractivity contribution < 1.29 is 5.11 Å². The molecule has 0 bridgehead atoms. The van der Waals surface area contributed by atoms with E-state index >= 15 is 0 Å². The van der Waals surface area contributed by atoms with E-state index in [1.165, 1.54) is 11.1 Å². The van der Waals surface area contributed by atoms with Gasteiger partial charge in [-0.2, -0.15) is 0 Å². The van der Waals surface area contributed by atoms with Crippen molar-refractivity contribution in [3.05, 3.63) is 30.0 Å². The van der Waals surface area contributed by atoms with Crippen LogP contribution >= 0.6 is 0 Å². The van der Waals surface area contributed by atoms with E-state index in [2.05, 4.69) is 43.6 Å². The number of hydrogen-bond acceptors (Lipinski definition) is 2. The third-order valence-electron chi connectivity index (χ3n) is 2.94. The first-order valence-corrected chi connectivity index (χ1v) is 5.96. The van der Waals surface area contributed by atoms with Crippen molar-refractivity contribution in [1.29, 1.82) is 0 Å². The fourth-order valence-electron chi connectivity index (χ4n) is 2.21. The first kappa shape index (κ1) is 12.0. The summed E-state index contributed by atoms with van der Waals surface area (Å²) in [5.41, 5.74) is 2.45. The second kappa shape index (κ2) is 4.41. The highest BCUT2D eigenvalue weighted by Crippen LogP contribution is 2.28. The lowest BCUT2D eigenvalue weighted by Gasteiger charge is -2.09. The molecule has 0 spiro atoms. The van der Waals surface area contributed by atoms with Gasteiger partial charge in [-0.05, 0) is 51.7 Å². The lowest BCUT2D eigenvalue weighted by Crippen LogP contribution is -2.10. The van der Waals surface area contributed by atoms with Crippen molar-refractivity contribution in [1.82, 2.24) is 9.47 Å². The molecule has 1 heterocycles. The third kappa shape index (κ3) is 2.29. The predicted octanol–water partition coefficient (Wildman–Crippen LogP) is 2.99. The fraction of sp³-hybridized carbons (Fsp3) is 0.429. The molecule has 0 saturated carbocycles. The number of phenols is 1. The van der Waals surface area contributed by atoms with E-state index in [0.29, 0.717) is 11.8 Å². The third-order valence-corrected chi connectivity index (χ3v) is 2.94. The summed E-state index contributed by atoms with van der Waals surface area (Å²) in [7, 11) is 4.11. The minimum absolute atomic E-state index is 0.332. The van der Waals surface area contributed by atoms with Gasteiger partial charge in [-0.1, -0.05) is 0 Å². The van der Waals surface area contributed by atoms with Crippen molar-refractivity contribution >= 4 is 10.9 Å². The molecule has 17 heavy (non-hydrogen) atoms. The van der Waals surface area contributed by atoms with Crippen LogP contribution in [0.15, 0.2) is 24.4 Å². The number of aromatic hydroxyl groups is 1. The Bertz CT molecular complexity index is 526. The number of hydrogen-bond donors (Lipinski definition) is 1. The summed E-state index contributed by atoms with van der Waals surface area (Å²) in [6.45, 7) is 5.23. The number of rotatable bonds is 3. The molecule has 0 aliphatic rings. The Balaban J connectivity index is 2.62. The molecule has 0 saturated heterocycles. The zero-order chi connectivity index (χ0) is 12.6. The van der Waals surface area contributed by atoms with E-state index in [9.17, 15) is 5.11 Å². The van der Waals surface area contributed by atoms with Crippen molar-refractivity contribution in [3.8, 4) is 5.75 Å². The number of nitrogens with zero attached hydrogens (tertiary/aromatic N) is 2. The number of phenolic OH excluding ortho intramolecular Hbond substituents is 1. The summed E-state index contributed by atoms with van der Waals surface area (Å²) in [6.07, 6.45) is 2.19. The van der Waals surface area contributed by atoms with Crippen LogP contribution in [0, 0.1) is 0 Å². The second-order valence-electron chi connectivity index (χ2n) is 5.09. The van der Waals surface area contributed by atoms with Crippen LogP contribution in [-0.2, 0) is 6.54 Å². The van der Waals surface area contributed by atoms with E-state index in [-0.39, 0.29) is 0 Å². The highest BCUT2D eigenvalue weighted by molar-refractivity contribution is 5.85. The van der Waals surface area contributed by atoms with Gasteiger partial charge in [0.15, 0.2) is 0 Å². The Kier molecular flexibility index (Phi) is 3.11. The first-order valence-electron chi connectivity index (χ1n) is 5.96. The van der Waals surface area contributed by atoms with Gasteiger partial charge in [0, 0.05) is 29.7 Å². The molecule has 0 unspecified atom stereocenters. The van der Waals surface area contributed by atoms with Crippen LogP contribution < -0.4 is 0 Å². The zero-order valence-corrected chi connectivity index (χ0v) is 10.9. The number of benzene rings is 1. The van der Waals surface area contributed by atoms with Crippen molar-refractivity contribution in [2.75, 3.05) is 14.1 Å². The van der Waals surface area contributed by atoms with Crippen LogP contribution in [0.2, 0.25) is 0 Å². The maximum atomic E-state index is 9.61. The monoisotopic (exact) mass is 232 g/mol. The molecule has 0 atom stereocenters. The molecule has 0 amide bonds. The molecule has 0 aliphatic heterocycles. The van der Waals surface area contributed by atoms with Crippen LogP contribution in [-0.4, -0.2) is 28.7 Å². The van der Waals surface area contributed by atoms with Gasteiger partial charge in [-0.15, -0.1) is 0 Å². The van der Waals surface area contributed by atoms with E-state index in [1.54, 1.807) is 6.07 Å². The molecule has 3 nitrogen and oxygen atoms in total. The molecule has 0 fully saturated rings. The lowest BCUT2D eigenvalue weighted by atomic mass is 10.1. The molecule has 0 aliphatic carbocycles. The smallest absolute Gasteiger partial charge is 0.116 e. The largest absolute Gasteiger partial charge is 0.508 e.